The van der Waals surface area contributed by atoms with Gasteiger partial charge in [0.1, 0.15) is 24.0 Å². The van der Waals surface area contributed by atoms with E-state index in [9.17, 15) is 24.4 Å². The minimum Gasteiger partial charge on any atom is -0.489 e. The number of amides is 3. The summed E-state index contributed by atoms with van der Waals surface area (Å²) < 4.78 is 7.56. The summed E-state index contributed by atoms with van der Waals surface area (Å²) in [4.78, 5) is 57.1. The van der Waals surface area contributed by atoms with Crippen molar-refractivity contribution in [2.24, 2.45) is 16.7 Å². The fourth-order valence-electron chi connectivity index (χ4n) is 9.44. The maximum Gasteiger partial charge on any atom is 0.269 e. The van der Waals surface area contributed by atoms with Crippen molar-refractivity contribution in [1.82, 2.24) is 25.3 Å². The number of halogens is 1. The highest BCUT2D eigenvalue weighted by Gasteiger charge is 2.64. The van der Waals surface area contributed by atoms with Crippen molar-refractivity contribution in [1.29, 1.82) is 5.26 Å². The highest BCUT2D eigenvalue weighted by atomic mass is 35.5. The molecule has 4 aliphatic rings. The second-order valence-electron chi connectivity index (χ2n) is 16.9. The van der Waals surface area contributed by atoms with Crippen LogP contribution in [0.2, 0.25) is 5.02 Å². The molecule has 1 saturated carbocycles. The van der Waals surface area contributed by atoms with Gasteiger partial charge in [0.15, 0.2) is 0 Å². The third-order valence-corrected chi connectivity index (χ3v) is 12.8. The molecule has 4 heterocycles. The Morgan fingerprint density at radius 2 is 1.61 bits per heavy atom. The molecule has 4 fully saturated rings. The number of piperazine rings is 1. The third kappa shape index (κ3) is 8.00. The quantitative estimate of drug-likeness (QED) is 0.275. The molecular weight excluding hydrogens is 732 g/mol. The lowest BCUT2D eigenvalue weighted by Crippen LogP contribution is -2.74. The first-order valence-corrected chi connectivity index (χ1v) is 20.0. The van der Waals surface area contributed by atoms with E-state index in [-0.39, 0.29) is 53.2 Å². The van der Waals surface area contributed by atoms with E-state index in [1.54, 1.807) is 30.5 Å². The zero-order valence-corrected chi connectivity index (χ0v) is 33.3. The summed E-state index contributed by atoms with van der Waals surface area (Å²) in [7, 11) is 0. The molecule has 1 aliphatic carbocycles. The predicted octanol–water partition coefficient (Wildman–Crippen LogP) is 4.79. The molecule has 0 bridgehead atoms. The summed E-state index contributed by atoms with van der Waals surface area (Å²) >= 11 is 6.25. The second kappa shape index (κ2) is 15.9. The molecule has 3 amide bonds. The summed E-state index contributed by atoms with van der Waals surface area (Å²) in [6, 6.07) is 15.8. The van der Waals surface area contributed by atoms with E-state index < -0.39 is 11.9 Å². The van der Waals surface area contributed by atoms with Gasteiger partial charge < -0.3 is 19.9 Å². The number of carbonyl (C=O) groups is 3. The third-order valence-electron chi connectivity index (χ3n) is 12.4. The lowest BCUT2D eigenvalue weighted by atomic mass is 9.49. The van der Waals surface area contributed by atoms with Gasteiger partial charge in [0.05, 0.1) is 22.5 Å². The number of nitrogens with zero attached hydrogens (tertiary/aromatic N) is 6. The number of aromatic nitrogens is 2. The number of benzene rings is 2. The molecule has 13 nitrogen and oxygen atoms in total. The zero-order valence-electron chi connectivity index (χ0n) is 32.6. The summed E-state index contributed by atoms with van der Waals surface area (Å²) in [5.41, 5.74) is 1.92. The summed E-state index contributed by atoms with van der Waals surface area (Å²) in [5.74, 6) is 0.366. The Balaban J connectivity index is 0.835. The molecule has 296 valence electrons. The van der Waals surface area contributed by atoms with Crippen LogP contribution in [0.15, 0.2) is 59.5 Å². The lowest BCUT2D eigenvalue weighted by Gasteiger charge is -2.63. The van der Waals surface area contributed by atoms with Crippen LogP contribution in [0.25, 0.3) is 0 Å². The SMILES string of the molecule is CC1(C)[C@H](NC(=O)c2ccc(N3CCC(CCN4CCN(c5cnn(C6CCC(=O)NC6=O)c(=O)c5)CC4)CC3)cc2)C(C)(C)[C@H]1Oc1ccc(C#N)c(Cl)c1. The van der Waals surface area contributed by atoms with Gasteiger partial charge in [-0.15, -0.1) is 0 Å². The molecular formula is C42H51ClN8O5. The fourth-order valence-corrected chi connectivity index (χ4v) is 9.65. The molecule has 2 N–H and O–H groups in total. The summed E-state index contributed by atoms with van der Waals surface area (Å²) in [5, 5.41) is 19.4. The van der Waals surface area contributed by atoms with Gasteiger partial charge >= 0.3 is 0 Å². The molecule has 1 unspecified atom stereocenters. The number of nitrogens with one attached hydrogen (secondary N) is 2. The molecule has 0 spiro atoms. The molecule has 3 aromatic rings. The van der Waals surface area contributed by atoms with Crippen molar-refractivity contribution >= 4 is 40.7 Å². The van der Waals surface area contributed by atoms with Gasteiger partial charge in [0.25, 0.3) is 17.4 Å². The van der Waals surface area contributed by atoms with Crippen LogP contribution in [0.3, 0.4) is 0 Å². The molecule has 3 saturated heterocycles. The van der Waals surface area contributed by atoms with Crippen LogP contribution in [0, 0.1) is 28.1 Å². The maximum atomic E-state index is 13.5. The molecule has 2 aromatic carbocycles. The number of piperidine rings is 2. The highest BCUT2D eigenvalue weighted by molar-refractivity contribution is 6.31. The number of rotatable bonds is 10. The first-order chi connectivity index (χ1) is 26.7. The Labute approximate surface area is 332 Å². The average Bonchev–Trinajstić information content (AvgIpc) is 3.18. The zero-order chi connectivity index (χ0) is 39.8. The van der Waals surface area contributed by atoms with Gasteiger partial charge in [0, 0.05) is 85.9 Å². The molecule has 1 atom stereocenters. The Morgan fingerprint density at radius 3 is 2.23 bits per heavy atom. The van der Waals surface area contributed by atoms with Crippen LogP contribution in [0.4, 0.5) is 11.4 Å². The number of ether oxygens (including phenoxy) is 1. The van der Waals surface area contributed by atoms with E-state index in [1.807, 2.05) is 12.1 Å². The van der Waals surface area contributed by atoms with E-state index in [4.69, 9.17) is 16.3 Å². The summed E-state index contributed by atoms with van der Waals surface area (Å²) in [6.45, 7) is 14.8. The minimum absolute atomic E-state index is 0.101. The Hall–Kier alpha value is -4.93. The van der Waals surface area contributed by atoms with Crippen molar-refractivity contribution in [3.8, 4) is 11.8 Å². The number of anilines is 2. The standard InChI is InChI=1S/C42H51ClN8O5/c1-41(2)39(42(3,4)40(41)56-32-10-7-29(25-44)33(43)24-32)47-37(54)28-5-8-30(9-6-28)49-17-14-27(15-18-49)13-16-48-19-21-50(22-20-48)31-23-36(53)51(45-26-31)34-11-12-35(52)46-38(34)55/h5-10,23-24,26-27,34,39-40H,11-22H2,1-4H3,(H,47,54)(H,46,52,55)/t34?,39-,40-. The van der Waals surface area contributed by atoms with Crippen molar-refractivity contribution in [3.05, 3.63) is 81.2 Å². The Kier molecular flexibility index (Phi) is 11.2. The smallest absolute Gasteiger partial charge is 0.269 e. The van der Waals surface area contributed by atoms with Gasteiger partial charge in [-0.05, 0) is 74.5 Å². The van der Waals surface area contributed by atoms with Crippen LogP contribution in [-0.4, -0.2) is 90.4 Å². The Morgan fingerprint density at radius 1 is 0.929 bits per heavy atom. The number of hydrogen-bond donors (Lipinski definition) is 2. The van der Waals surface area contributed by atoms with Gasteiger partial charge in [-0.1, -0.05) is 39.3 Å². The number of imide groups is 1. The Bertz CT molecular complexity index is 2050. The van der Waals surface area contributed by atoms with E-state index in [2.05, 4.69) is 76.3 Å². The average molecular weight is 783 g/mol. The predicted molar refractivity (Wildman–Crippen MR) is 214 cm³/mol. The number of nitriles is 1. The van der Waals surface area contributed by atoms with Crippen LogP contribution in [0.5, 0.6) is 5.75 Å². The van der Waals surface area contributed by atoms with E-state index in [1.165, 1.54) is 4.68 Å². The fraction of sp³-hybridized carbons (Fsp3) is 0.524. The van der Waals surface area contributed by atoms with E-state index >= 15 is 0 Å². The minimum atomic E-state index is -0.754. The first kappa shape index (κ1) is 39.3. The largest absolute Gasteiger partial charge is 0.489 e. The molecule has 0 radical (unpaired) electrons. The molecule has 56 heavy (non-hydrogen) atoms. The highest BCUT2D eigenvalue weighted by Crippen LogP contribution is 2.55. The van der Waals surface area contributed by atoms with E-state index in [0.717, 1.165) is 76.5 Å². The van der Waals surface area contributed by atoms with Crippen molar-refractivity contribution in [2.75, 3.05) is 55.6 Å². The molecule has 1 aromatic heterocycles. The van der Waals surface area contributed by atoms with Crippen molar-refractivity contribution in [3.63, 3.8) is 0 Å². The normalized spacial score (nSPS) is 23.8. The lowest BCUT2D eigenvalue weighted by molar-refractivity contribution is -0.164. The topological polar surface area (TPSA) is 153 Å². The van der Waals surface area contributed by atoms with Crippen molar-refractivity contribution < 1.29 is 19.1 Å². The molecule has 7 rings (SSSR count). The molecule has 3 aliphatic heterocycles. The van der Waals surface area contributed by atoms with Crippen LogP contribution in [0.1, 0.15) is 81.8 Å². The van der Waals surface area contributed by atoms with Crippen LogP contribution < -0.4 is 30.7 Å². The summed E-state index contributed by atoms with van der Waals surface area (Å²) in [6.07, 6.45) is 5.36. The van der Waals surface area contributed by atoms with Crippen LogP contribution in [-0.2, 0) is 9.59 Å². The van der Waals surface area contributed by atoms with E-state index in [0.29, 0.717) is 27.8 Å². The monoisotopic (exact) mass is 782 g/mol. The maximum absolute atomic E-state index is 13.5. The van der Waals surface area contributed by atoms with Crippen LogP contribution >= 0.6 is 11.6 Å². The second-order valence-corrected chi connectivity index (χ2v) is 17.3. The molecule has 14 heteroatoms. The van der Waals surface area contributed by atoms with Gasteiger partial charge in [0.2, 0.25) is 5.91 Å². The van der Waals surface area contributed by atoms with Gasteiger partial charge in [-0.25, -0.2) is 4.68 Å². The number of hydrogen-bond acceptors (Lipinski definition) is 10. The van der Waals surface area contributed by atoms with Crippen molar-refractivity contribution in [2.45, 2.75) is 78.0 Å². The van der Waals surface area contributed by atoms with Gasteiger partial charge in [-0.2, -0.15) is 10.4 Å². The van der Waals surface area contributed by atoms with Gasteiger partial charge in [-0.3, -0.25) is 29.4 Å². The number of carbonyl (C=O) groups excluding carboxylic acids is 3. The first-order valence-electron chi connectivity index (χ1n) is 19.7.